The molecule has 2 aliphatic heterocycles. The third kappa shape index (κ3) is 2.93. The van der Waals surface area contributed by atoms with Crippen LogP contribution >= 0.6 is 12.6 Å². The summed E-state index contributed by atoms with van der Waals surface area (Å²) in [5, 5.41) is 13.2. The number of benzene rings is 2. The van der Waals surface area contributed by atoms with Crippen molar-refractivity contribution in [2.45, 2.75) is 29.8 Å². The topological polar surface area (TPSA) is 65.2 Å². The molecular formula is C18H20N4OS. The molecule has 4 N–H and O–H groups in total. The maximum absolute atomic E-state index is 12.4. The Kier molecular flexibility index (Phi) is 4.28. The van der Waals surface area contributed by atoms with Gasteiger partial charge < -0.3 is 5.32 Å². The van der Waals surface area contributed by atoms with Crippen molar-refractivity contribution in [1.29, 1.82) is 0 Å². The highest BCUT2D eigenvalue weighted by Crippen LogP contribution is 2.33. The summed E-state index contributed by atoms with van der Waals surface area (Å²) in [6.45, 7) is 0. The number of amides is 1. The van der Waals surface area contributed by atoms with Crippen LogP contribution in [0, 0.1) is 0 Å². The lowest BCUT2D eigenvalue weighted by atomic mass is 9.88. The van der Waals surface area contributed by atoms with Gasteiger partial charge in [-0.2, -0.15) is 0 Å². The molecule has 0 radical (unpaired) electrons. The van der Waals surface area contributed by atoms with E-state index in [-0.39, 0.29) is 35.7 Å². The van der Waals surface area contributed by atoms with E-state index in [4.69, 9.17) is 0 Å². The molecule has 2 saturated heterocycles. The number of carbonyl (C=O) groups excluding carboxylic acids is 1. The Labute approximate surface area is 146 Å². The first-order chi connectivity index (χ1) is 11.7. The molecule has 0 saturated carbocycles. The van der Waals surface area contributed by atoms with Crippen molar-refractivity contribution in [3.63, 3.8) is 0 Å². The highest BCUT2D eigenvalue weighted by Gasteiger charge is 2.43. The van der Waals surface area contributed by atoms with Crippen molar-refractivity contribution < 1.29 is 4.79 Å². The molecular weight excluding hydrogens is 320 g/mol. The van der Waals surface area contributed by atoms with Crippen LogP contribution in [-0.2, 0) is 4.79 Å². The molecule has 1 amide bonds. The fourth-order valence-electron chi connectivity index (χ4n) is 3.48. The van der Waals surface area contributed by atoms with Gasteiger partial charge in [-0.1, -0.05) is 60.7 Å². The van der Waals surface area contributed by atoms with Crippen molar-refractivity contribution in [1.82, 2.24) is 21.3 Å². The molecule has 24 heavy (non-hydrogen) atoms. The molecule has 6 heteroatoms. The van der Waals surface area contributed by atoms with Gasteiger partial charge in [0, 0.05) is 0 Å². The highest BCUT2D eigenvalue weighted by molar-refractivity contribution is 7.80. The second kappa shape index (κ2) is 6.57. The Morgan fingerprint density at radius 2 is 1.25 bits per heavy atom. The minimum absolute atomic E-state index is 0.00105. The SMILES string of the molecule is O=C1NC(S)NC2NC(c3ccccc3)C(c3ccccc3)NC12. The fourth-order valence-corrected chi connectivity index (χ4v) is 3.77. The largest absolute Gasteiger partial charge is 0.331 e. The maximum Gasteiger partial charge on any atom is 0.242 e. The molecule has 5 unspecified atom stereocenters. The Bertz CT molecular complexity index is 711. The summed E-state index contributed by atoms with van der Waals surface area (Å²) in [5.41, 5.74) is 1.98. The number of nitrogens with one attached hydrogen (secondary N) is 4. The lowest BCUT2D eigenvalue weighted by Crippen LogP contribution is -2.74. The molecule has 0 aromatic heterocycles. The van der Waals surface area contributed by atoms with Crippen LogP contribution in [0.1, 0.15) is 23.2 Å². The summed E-state index contributed by atoms with van der Waals surface area (Å²) in [7, 11) is 0. The molecule has 4 rings (SSSR count). The van der Waals surface area contributed by atoms with Gasteiger partial charge in [-0.3, -0.25) is 20.7 Å². The molecule has 2 aromatic rings. The van der Waals surface area contributed by atoms with E-state index in [1.54, 1.807) is 0 Å². The number of thiol groups is 1. The molecule has 5 nitrogen and oxygen atoms in total. The zero-order chi connectivity index (χ0) is 16.5. The van der Waals surface area contributed by atoms with Crippen LogP contribution in [0.5, 0.6) is 0 Å². The van der Waals surface area contributed by atoms with Crippen LogP contribution in [0.3, 0.4) is 0 Å². The normalized spacial score (nSPS) is 32.7. The van der Waals surface area contributed by atoms with Gasteiger partial charge >= 0.3 is 0 Å². The Morgan fingerprint density at radius 3 is 1.83 bits per heavy atom. The van der Waals surface area contributed by atoms with Gasteiger partial charge in [0.25, 0.3) is 0 Å². The van der Waals surface area contributed by atoms with Gasteiger partial charge in [0.2, 0.25) is 5.91 Å². The number of piperazine rings is 1. The van der Waals surface area contributed by atoms with E-state index >= 15 is 0 Å². The fraction of sp³-hybridized carbons (Fsp3) is 0.278. The summed E-state index contributed by atoms with van der Waals surface area (Å²) < 4.78 is 0. The van der Waals surface area contributed by atoms with Gasteiger partial charge in [0.1, 0.15) is 11.5 Å². The third-order valence-corrected chi connectivity index (χ3v) is 4.88. The van der Waals surface area contributed by atoms with Crippen molar-refractivity contribution in [3.05, 3.63) is 71.8 Å². The van der Waals surface area contributed by atoms with Crippen LogP contribution in [0.25, 0.3) is 0 Å². The lowest BCUT2D eigenvalue weighted by Gasteiger charge is -2.47. The number of carbonyl (C=O) groups is 1. The van der Waals surface area contributed by atoms with Gasteiger partial charge in [-0.25, -0.2) is 0 Å². The highest BCUT2D eigenvalue weighted by atomic mass is 32.1. The monoisotopic (exact) mass is 340 g/mol. The maximum atomic E-state index is 12.4. The van der Waals surface area contributed by atoms with Gasteiger partial charge in [0.15, 0.2) is 0 Å². The summed E-state index contributed by atoms with van der Waals surface area (Å²) in [6, 6.07) is 20.2. The van der Waals surface area contributed by atoms with Crippen molar-refractivity contribution in [3.8, 4) is 0 Å². The van der Waals surface area contributed by atoms with E-state index in [1.165, 1.54) is 5.56 Å². The zero-order valence-electron chi connectivity index (χ0n) is 13.0. The average Bonchev–Trinajstić information content (AvgIpc) is 2.62. The van der Waals surface area contributed by atoms with Crippen LogP contribution in [0.2, 0.25) is 0 Å². The third-order valence-electron chi connectivity index (χ3n) is 4.60. The predicted octanol–water partition coefficient (Wildman–Crippen LogP) is 1.29. The van der Waals surface area contributed by atoms with E-state index in [0.717, 1.165) is 5.56 Å². The first-order valence-corrected chi connectivity index (χ1v) is 8.60. The van der Waals surface area contributed by atoms with Crippen molar-refractivity contribution in [2.24, 2.45) is 0 Å². The minimum atomic E-state index is -0.349. The number of rotatable bonds is 2. The molecule has 2 aliphatic rings. The molecule has 2 fully saturated rings. The molecule has 0 spiro atoms. The molecule has 2 heterocycles. The average molecular weight is 340 g/mol. The first-order valence-electron chi connectivity index (χ1n) is 8.09. The molecule has 2 aromatic carbocycles. The van der Waals surface area contributed by atoms with Crippen LogP contribution in [0.15, 0.2) is 60.7 Å². The van der Waals surface area contributed by atoms with Crippen LogP contribution in [0.4, 0.5) is 0 Å². The first kappa shape index (κ1) is 15.7. The van der Waals surface area contributed by atoms with Gasteiger partial charge in [-0.15, -0.1) is 12.6 Å². The number of hydrogen-bond donors (Lipinski definition) is 5. The van der Waals surface area contributed by atoms with E-state index in [2.05, 4.69) is 58.2 Å². The predicted molar refractivity (Wildman–Crippen MR) is 96.3 cm³/mol. The summed E-state index contributed by atoms with van der Waals surface area (Å²) >= 11 is 4.34. The van der Waals surface area contributed by atoms with E-state index < -0.39 is 0 Å². The second-order valence-corrected chi connectivity index (χ2v) is 6.66. The van der Waals surface area contributed by atoms with E-state index in [1.807, 2.05) is 36.4 Å². The summed E-state index contributed by atoms with van der Waals surface area (Å²) in [6.07, 6.45) is -0.175. The molecule has 5 atom stereocenters. The molecule has 0 aliphatic carbocycles. The smallest absolute Gasteiger partial charge is 0.242 e. The van der Waals surface area contributed by atoms with E-state index in [0.29, 0.717) is 0 Å². The Hall–Kier alpha value is -1.86. The van der Waals surface area contributed by atoms with Crippen molar-refractivity contribution >= 4 is 18.5 Å². The minimum Gasteiger partial charge on any atom is -0.331 e. The summed E-state index contributed by atoms with van der Waals surface area (Å²) in [5.74, 6) is -0.0429. The Morgan fingerprint density at radius 1 is 0.708 bits per heavy atom. The quantitative estimate of drug-likeness (QED) is 0.535. The second-order valence-electron chi connectivity index (χ2n) is 6.14. The van der Waals surface area contributed by atoms with E-state index in [9.17, 15) is 4.79 Å². The molecule has 0 bridgehead atoms. The Balaban J connectivity index is 1.70. The lowest BCUT2D eigenvalue weighted by molar-refractivity contribution is -0.128. The van der Waals surface area contributed by atoms with Crippen molar-refractivity contribution in [2.75, 3.05) is 0 Å². The molecule has 124 valence electrons. The number of fused-ring (bicyclic) bond motifs is 1. The summed E-state index contributed by atoms with van der Waals surface area (Å²) in [4.78, 5) is 12.4. The van der Waals surface area contributed by atoms with Crippen LogP contribution in [-0.4, -0.2) is 23.6 Å². The number of hydrogen-bond acceptors (Lipinski definition) is 5. The standard InChI is InChI=1S/C18H20N4OS/c23-17-15-16(21-18(24)22-17)20-14(12-9-5-2-6-10-12)13(19-15)11-7-3-1-4-8-11/h1-10,13-16,18-21,24H,(H,22,23). The van der Waals surface area contributed by atoms with Crippen LogP contribution < -0.4 is 21.3 Å². The zero-order valence-corrected chi connectivity index (χ0v) is 13.9. The van der Waals surface area contributed by atoms with Gasteiger partial charge in [0.05, 0.1) is 18.2 Å². The van der Waals surface area contributed by atoms with Gasteiger partial charge in [-0.05, 0) is 11.1 Å².